The molecule has 0 unspecified atom stereocenters. The number of aryl methyl sites for hydroxylation is 1. The Balaban J connectivity index is 1.71. The third-order valence-corrected chi connectivity index (χ3v) is 3.32. The van der Waals surface area contributed by atoms with Crippen molar-refractivity contribution in [1.29, 1.82) is 0 Å². The van der Waals surface area contributed by atoms with Crippen molar-refractivity contribution in [1.82, 2.24) is 0 Å². The Hall–Kier alpha value is -2.29. The molecule has 0 amide bonds. The Labute approximate surface area is 112 Å². The molecule has 0 aromatic heterocycles. The van der Waals surface area contributed by atoms with E-state index in [9.17, 15) is 0 Å². The minimum Gasteiger partial charge on any atom is -0.399 e. The molecule has 1 aliphatic carbocycles. The zero-order valence-corrected chi connectivity index (χ0v) is 10.7. The standard InChI is InChI=1S/C16H16N2O/c17-14-8-6-13-7-9-16(15(13)10-14)18-19-11-12-4-2-1-3-5-12/h1-6,8,10H,7,9,11,17H2. The molecular weight excluding hydrogens is 236 g/mol. The molecule has 19 heavy (non-hydrogen) atoms. The molecule has 0 bridgehead atoms. The van der Waals surface area contributed by atoms with Gasteiger partial charge in [0.1, 0.15) is 6.61 Å². The molecule has 0 heterocycles. The van der Waals surface area contributed by atoms with Gasteiger partial charge in [-0.2, -0.15) is 0 Å². The lowest BCUT2D eigenvalue weighted by molar-refractivity contribution is 0.130. The zero-order valence-electron chi connectivity index (χ0n) is 10.7. The second kappa shape index (κ2) is 5.14. The molecule has 3 rings (SSSR count). The molecule has 0 radical (unpaired) electrons. The number of fused-ring (bicyclic) bond motifs is 1. The first-order chi connectivity index (χ1) is 9.33. The first-order valence-corrected chi connectivity index (χ1v) is 6.44. The number of nitrogen functional groups attached to an aromatic ring is 1. The lowest BCUT2D eigenvalue weighted by Crippen LogP contribution is -1.98. The van der Waals surface area contributed by atoms with Crippen LogP contribution < -0.4 is 5.73 Å². The van der Waals surface area contributed by atoms with E-state index in [1.807, 2.05) is 42.5 Å². The predicted molar refractivity (Wildman–Crippen MR) is 76.9 cm³/mol. The number of rotatable bonds is 3. The number of oxime groups is 1. The van der Waals surface area contributed by atoms with Crippen LogP contribution in [0.4, 0.5) is 5.69 Å². The molecule has 2 N–H and O–H groups in total. The monoisotopic (exact) mass is 252 g/mol. The van der Waals surface area contributed by atoms with Crippen LogP contribution in [0, 0.1) is 0 Å². The van der Waals surface area contributed by atoms with Crippen LogP contribution >= 0.6 is 0 Å². The highest BCUT2D eigenvalue weighted by molar-refractivity contribution is 6.04. The summed E-state index contributed by atoms with van der Waals surface area (Å²) < 4.78 is 0. The highest BCUT2D eigenvalue weighted by atomic mass is 16.6. The molecule has 3 heteroatoms. The summed E-state index contributed by atoms with van der Waals surface area (Å²) >= 11 is 0. The van der Waals surface area contributed by atoms with Gasteiger partial charge in [-0.15, -0.1) is 0 Å². The lowest BCUT2D eigenvalue weighted by atomic mass is 10.1. The number of benzene rings is 2. The van der Waals surface area contributed by atoms with E-state index >= 15 is 0 Å². The number of hydrogen-bond acceptors (Lipinski definition) is 3. The molecule has 0 fully saturated rings. The number of hydrogen-bond donors (Lipinski definition) is 1. The van der Waals surface area contributed by atoms with E-state index in [4.69, 9.17) is 10.6 Å². The molecular formula is C16H16N2O. The van der Waals surface area contributed by atoms with Gasteiger partial charge in [0.15, 0.2) is 0 Å². The summed E-state index contributed by atoms with van der Waals surface area (Å²) in [7, 11) is 0. The molecule has 0 saturated carbocycles. The van der Waals surface area contributed by atoms with Crippen molar-refractivity contribution in [3.8, 4) is 0 Å². The summed E-state index contributed by atoms with van der Waals surface area (Å²) in [6.07, 6.45) is 1.94. The number of anilines is 1. The normalized spacial score (nSPS) is 15.5. The van der Waals surface area contributed by atoms with Gasteiger partial charge in [0, 0.05) is 11.3 Å². The quantitative estimate of drug-likeness (QED) is 0.674. The predicted octanol–water partition coefficient (Wildman–Crippen LogP) is 3.14. The summed E-state index contributed by atoms with van der Waals surface area (Å²) in [5.74, 6) is 0. The van der Waals surface area contributed by atoms with E-state index in [0.717, 1.165) is 35.4 Å². The van der Waals surface area contributed by atoms with Gasteiger partial charge in [0.05, 0.1) is 5.71 Å². The molecule has 0 saturated heterocycles. The summed E-state index contributed by atoms with van der Waals surface area (Å²) in [6, 6.07) is 16.0. The van der Waals surface area contributed by atoms with Crippen LogP contribution in [0.25, 0.3) is 0 Å². The fourth-order valence-corrected chi connectivity index (χ4v) is 2.32. The van der Waals surface area contributed by atoms with Crippen molar-refractivity contribution < 1.29 is 4.84 Å². The van der Waals surface area contributed by atoms with Gasteiger partial charge in [-0.3, -0.25) is 0 Å². The van der Waals surface area contributed by atoms with Crippen LogP contribution in [0.5, 0.6) is 0 Å². The van der Waals surface area contributed by atoms with Crippen molar-refractivity contribution in [3.05, 3.63) is 65.2 Å². The first-order valence-electron chi connectivity index (χ1n) is 6.44. The van der Waals surface area contributed by atoms with Crippen LogP contribution in [0.3, 0.4) is 0 Å². The second-order valence-electron chi connectivity index (χ2n) is 4.71. The van der Waals surface area contributed by atoms with E-state index < -0.39 is 0 Å². The minimum atomic E-state index is 0.502. The topological polar surface area (TPSA) is 47.6 Å². The highest BCUT2D eigenvalue weighted by Crippen LogP contribution is 2.24. The smallest absolute Gasteiger partial charge is 0.142 e. The average Bonchev–Trinajstić information content (AvgIpc) is 2.83. The molecule has 2 aromatic carbocycles. The fraction of sp³-hybridized carbons (Fsp3) is 0.188. The lowest BCUT2D eigenvalue weighted by Gasteiger charge is -2.03. The van der Waals surface area contributed by atoms with E-state index in [1.54, 1.807) is 0 Å². The van der Waals surface area contributed by atoms with Gasteiger partial charge in [0.25, 0.3) is 0 Å². The van der Waals surface area contributed by atoms with Crippen molar-refractivity contribution in [3.63, 3.8) is 0 Å². The number of nitrogens with zero attached hydrogens (tertiary/aromatic N) is 1. The molecule has 0 atom stereocenters. The van der Waals surface area contributed by atoms with E-state index in [-0.39, 0.29) is 0 Å². The van der Waals surface area contributed by atoms with Gasteiger partial charge in [-0.05, 0) is 36.1 Å². The maximum absolute atomic E-state index is 5.82. The van der Waals surface area contributed by atoms with Crippen LogP contribution in [0.2, 0.25) is 0 Å². The average molecular weight is 252 g/mol. The molecule has 96 valence electrons. The van der Waals surface area contributed by atoms with E-state index in [0.29, 0.717) is 6.61 Å². The van der Waals surface area contributed by atoms with Crippen molar-refractivity contribution in [2.45, 2.75) is 19.4 Å². The van der Waals surface area contributed by atoms with E-state index in [2.05, 4.69) is 11.2 Å². The van der Waals surface area contributed by atoms with Crippen LogP contribution in [-0.2, 0) is 17.9 Å². The molecule has 1 aliphatic rings. The van der Waals surface area contributed by atoms with Crippen molar-refractivity contribution in [2.75, 3.05) is 5.73 Å². The Morgan fingerprint density at radius 1 is 1.05 bits per heavy atom. The Bertz CT molecular complexity index is 605. The third-order valence-electron chi connectivity index (χ3n) is 3.32. The van der Waals surface area contributed by atoms with Crippen molar-refractivity contribution >= 4 is 11.4 Å². The summed E-state index contributed by atoms with van der Waals surface area (Å²) in [5, 5.41) is 4.26. The maximum atomic E-state index is 5.82. The van der Waals surface area contributed by atoms with Gasteiger partial charge in [0.2, 0.25) is 0 Å². The largest absolute Gasteiger partial charge is 0.399 e. The first kappa shape index (κ1) is 11.8. The van der Waals surface area contributed by atoms with Crippen molar-refractivity contribution in [2.24, 2.45) is 5.16 Å². The Morgan fingerprint density at radius 3 is 2.74 bits per heavy atom. The van der Waals surface area contributed by atoms with Crippen LogP contribution in [0.1, 0.15) is 23.1 Å². The van der Waals surface area contributed by atoms with Gasteiger partial charge >= 0.3 is 0 Å². The second-order valence-corrected chi connectivity index (χ2v) is 4.71. The fourth-order valence-electron chi connectivity index (χ4n) is 2.32. The zero-order chi connectivity index (χ0) is 13.1. The summed E-state index contributed by atoms with van der Waals surface area (Å²) in [6.45, 7) is 0.502. The van der Waals surface area contributed by atoms with Crippen LogP contribution in [0.15, 0.2) is 53.7 Å². The Morgan fingerprint density at radius 2 is 1.89 bits per heavy atom. The number of nitrogens with two attached hydrogens (primary N) is 1. The third kappa shape index (κ3) is 2.60. The molecule has 2 aromatic rings. The van der Waals surface area contributed by atoms with E-state index in [1.165, 1.54) is 5.56 Å². The van der Waals surface area contributed by atoms with Gasteiger partial charge in [-0.1, -0.05) is 41.6 Å². The minimum absolute atomic E-state index is 0.502. The Kier molecular flexibility index (Phi) is 3.19. The maximum Gasteiger partial charge on any atom is 0.142 e. The summed E-state index contributed by atoms with van der Waals surface area (Å²) in [5.41, 5.74) is 11.1. The van der Waals surface area contributed by atoms with Gasteiger partial charge < -0.3 is 10.6 Å². The van der Waals surface area contributed by atoms with Crippen LogP contribution in [-0.4, -0.2) is 5.71 Å². The molecule has 3 nitrogen and oxygen atoms in total. The summed E-state index contributed by atoms with van der Waals surface area (Å²) in [4.78, 5) is 5.45. The highest BCUT2D eigenvalue weighted by Gasteiger charge is 2.18. The molecule has 0 spiro atoms. The molecule has 0 aliphatic heterocycles. The SMILES string of the molecule is Nc1ccc2c(c1)C(=NOCc1ccccc1)CC2. The van der Waals surface area contributed by atoms with Gasteiger partial charge in [-0.25, -0.2) is 0 Å².